The van der Waals surface area contributed by atoms with E-state index in [-0.39, 0.29) is 12.4 Å². The van der Waals surface area contributed by atoms with Crippen LogP contribution in [0.3, 0.4) is 0 Å². The van der Waals surface area contributed by atoms with Gasteiger partial charge in [0, 0.05) is 19.6 Å². The summed E-state index contributed by atoms with van der Waals surface area (Å²) >= 11 is 0. The minimum atomic E-state index is -0.470. The smallest absolute Gasteiger partial charge is 0.237 e. The van der Waals surface area contributed by atoms with E-state index in [1.807, 2.05) is 4.90 Å². The average molecular weight is 267 g/mol. The van der Waals surface area contributed by atoms with Crippen molar-refractivity contribution in [1.29, 1.82) is 0 Å². The molecule has 1 aromatic carbocycles. The van der Waals surface area contributed by atoms with E-state index >= 15 is 0 Å². The zero-order valence-corrected chi connectivity index (χ0v) is 10.6. The lowest BCUT2D eigenvalue weighted by atomic mass is 10.1. The third-order valence-corrected chi connectivity index (χ3v) is 3.33. The summed E-state index contributed by atoms with van der Waals surface area (Å²) in [5, 5.41) is 0. The molecule has 5 nitrogen and oxygen atoms in total. The SMILES string of the molecule is NCc1ccc(F)cc1CN1CCOCC1C(N)=O. The maximum atomic E-state index is 13.3. The minimum Gasteiger partial charge on any atom is -0.378 e. The summed E-state index contributed by atoms with van der Waals surface area (Å²) in [6, 6.07) is 4.04. The highest BCUT2D eigenvalue weighted by Crippen LogP contribution is 2.17. The van der Waals surface area contributed by atoms with Crippen LogP contribution in [0, 0.1) is 5.82 Å². The molecule has 1 unspecified atom stereocenters. The van der Waals surface area contributed by atoms with Gasteiger partial charge in [-0.15, -0.1) is 0 Å². The second-order valence-electron chi connectivity index (χ2n) is 4.58. The molecular formula is C13H18FN3O2. The Labute approximate surface area is 111 Å². The molecule has 19 heavy (non-hydrogen) atoms. The third-order valence-electron chi connectivity index (χ3n) is 3.33. The molecular weight excluding hydrogens is 249 g/mol. The fraction of sp³-hybridized carbons (Fsp3) is 0.462. The van der Waals surface area contributed by atoms with E-state index in [2.05, 4.69) is 0 Å². The van der Waals surface area contributed by atoms with Crippen LogP contribution < -0.4 is 11.5 Å². The largest absolute Gasteiger partial charge is 0.378 e. The lowest BCUT2D eigenvalue weighted by molar-refractivity contribution is -0.129. The van der Waals surface area contributed by atoms with Crippen molar-refractivity contribution in [3.8, 4) is 0 Å². The number of nitrogens with zero attached hydrogens (tertiary/aromatic N) is 1. The zero-order valence-electron chi connectivity index (χ0n) is 10.6. The summed E-state index contributed by atoms with van der Waals surface area (Å²) in [6.45, 7) is 2.19. The van der Waals surface area contributed by atoms with Crippen LogP contribution in [0.1, 0.15) is 11.1 Å². The van der Waals surface area contributed by atoms with Crippen LogP contribution in [-0.2, 0) is 22.6 Å². The van der Waals surface area contributed by atoms with E-state index in [1.54, 1.807) is 6.07 Å². The highest BCUT2D eigenvalue weighted by Gasteiger charge is 2.28. The van der Waals surface area contributed by atoms with Gasteiger partial charge in [-0.1, -0.05) is 6.07 Å². The molecule has 1 amide bonds. The van der Waals surface area contributed by atoms with E-state index in [9.17, 15) is 9.18 Å². The summed E-state index contributed by atoms with van der Waals surface area (Å²) in [7, 11) is 0. The van der Waals surface area contributed by atoms with Crippen molar-refractivity contribution in [2.24, 2.45) is 11.5 Å². The second kappa shape index (κ2) is 6.10. The number of nitrogens with two attached hydrogens (primary N) is 2. The topological polar surface area (TPSA) is 81.6 Å². The minimum absolute atomic E-state index is 0.280. The first kappa shape index (κ1) is 13.9. The van der Waals surface area contributed by atoms with Crippen molar-refractivity contribution in [1.82, 2.24) is 4.90 Å². The summed E-state index contributed by atoms with van der Waals surface area (Å²) in [5.74, 6) is -0.735. The van der Waals surface area contributed by atoms with Crippen LogP contribution in [0.4, 0.5) is 4.39 Å². The first-order valence-corrected chi connectivity index (χ1v) is 6.20. The van der Waals surface area contributed by atoms with Gasteiger partial charge in [-0.3, -0.25) is 9.69 Å². The van der Waals surface area contributed by atoms with Crippen LogP contribution in [0.25, 0.3) is 0 Å². The molecule has 6 heteroatoms. The second-order valence-corrected chi connectivity index (χ2v) is 4.58. The fourth-order valence-corrected chi connectivity index (χ4v) is 2.25. The molecule has 0 aromatic heterocycles. The van der Waals surface area contributed by atoms with Crippen molar-refractivity contribution < 1.29 is 13.9 Å². The van der Waals surface area contributed by atoms with Crippen LogP contribution in [-0.4, -0.2) is 36.6 Å². The van der Waals surface area contributed by atoms with Gasteiger partial charge in [-0.05, 0) is 23.3 Å². The molecule has 104 valence electrons. The molecule has 0 aliphatic carbocycles. The summed E-state index contributed by atoms with van der Waals surface area (Å²) in [4.78, 5) is 13.3. The van der Waals surface area contributed by atoms with Gasteiger partial charge in [0.05, 0.1) is 13.2 Å². The molecule has 1 atom stereocenters. The van der Waals surface area contributed by atoms with Crippen molar-refractivity contribution in [2.45, 2.75) is 19.1 Å². The first-order chi connectivity index (χ1) is 9.11. The Morgan fingerprint density at radius 3 is 2.95 bits per heavy atom. The Bertz CT molecular complexity index is 467. The number of halogens is 1. The monoisotopic (exact) mass is 267 g/mol. The highest BCUT2D eigenvalue weighted by molar-refractivity contribution is 5.80. The Balaban J connectivity index is 2.18. The molecule has 2 rings (SSSR count). The number of hydrogen-bond acceptors (Lipinski definition) is 4. The maximum Gasteiger partial charge on any atom is 0.237 e. The van der Waals surface area contributed by atoms with Crippen LogP contribution >= 0.6 is 0 Å². The quantitative estimate of drug-likeness (QED) is 0.802. The molecule has 1 aliphatic heterocycles. The molecule has 0 radical (unpaired) electrons. The van der Waals surface area contributed by atoms with Crippen LogP contribution in [0.15, 0.2) is 18.2 Å². The molecule has 0 saturated carbocycles. The van der Waals surface area contributed by atoms with E-state index in [0.717, 1.165) is 11.1 Å². The molecule has 4 N–H and O–H groups in total. The Hall–Kier alpha value is -1.50. The summed E-state index contributed by atoms with van der Waals surface area (Å²) in [6.07, 6.45) is 0. The Kier molecular flexibility index (Phi) is 4.47. The number of benzene rings is 1. The number of amides is 1. The van der Waals surface area contributed by atoms with E-state index in [4.69, 9.17) is 16.2 Å². The molecule has 1 aliphatic rings. The van der Waals surface area contributed by atoms with Crippen LogP contribution in [0.5, 0.6) is 0 Å². The van der Waals surface area contributed by atoms with Crippen LogP contribution in [0.2, 0.25) is 0 Å². The predicted molar refractivity (Wildman–Crippen MR) is 68.5 cm³/mol. The van der Waals surface area contributed by atoms with Crippen molar-refractivity contribution >= 4 is 5.91 Å². The summed E-state index contributed by atoms with van der Waals surface area (Å²) < 4.78 is 18.6. The molecule has 1 saturated heterocycles. The van der Waals surface area contributed by atoms with Gasteiger partial charge < -0.3 is 16.2 Å². The number of ether oxygens (including phenoxy) is 1. The number of rotatable bonds is 4. The Morgan fingerprint density at radius 2 is 2.26 bits per heavy atom. The molecule has 1 fully saturated rings. The highest BCUT2D eigenvalue weighted by atomic mass is 19.1. The van der Waals surface area contributed by atoms with Gasteiger partial charge in [0.2, 0.25) is 5.91 Å². The summed E-state index contributed by atoms with van der Waals surface area (Å²) in [5.41, 5.74) is 12.7. The standard InChI is InChI=1S/C13H18FN3O2/c14-11-2-1-9(6-15)10(5-11)7-17-3-4-19-8-12(17)13(16)18/h1-2,5,12H,3-4,6-8,15H2,(H2,16,18). The lowest BCUT2D eigenvalue weighted by Gasteiger charge is -2.33. The number of carbonyl (C=O) groups is 1. The predicted octanol–water partition coefficient (Wildman–Crippen LogP) is -0.0295. The molecule has 0 bridgehead atoms. The number of carbonyl (C=O) groups excluding carboxylic acids is 1. The van der Waals surface area contributed by atoms with Gasteiger partial charge in [0.25, 0.3) is 0 Å². The molecule has 0 spiro atoms. The maximum absolute atomic E-state index is 13.3. The van der Waals surface area contributed by atoms with Crippen molar-refractivity contribution in [3.05, 3.63) is 35.1 Å². The van der Waals surface area contributed by atoms with Gasteiger partial charge in [0.1, 0.15) is 11.9 Å². The van der Waals surface area contributed by atoms with Crippen molar-refractivity contribution in [2.75, 3.05) is 19.8 Å². The third kappa shape index (κ3) is 3.28. The molecule has 1 aromatic rings. The lowest BCUT2D eigenvalue weighted by Crippen LogP contribution is -2.51. The van der Waals surface area contributed by atoms with E-state index < -0.39 is 11.9 Å². The van der Waals surface area contributed by atoms with Gasteiger partial charge in [-0.2, -0.15) is 0 Å². The van der Waals surface area contributed by atoms with Gasteiger partial charge >= 0.3 is 0 Å². The average Bonchev–Trinajstić information content (AvgIpc) is 2.39. The van der Waals surface area contributed by atoms with Crippen molar-refractivity contribution in [3.63, 3.8) is 0 Å². The fourth-order valence-electron chi connectivity index (χ4n) is 2.25. The normalized spacial score (nSPS) is 20.4. The Morgan fingerprint density at radius 1 is 1.47 bits per heavy atom. The first-order valence-electron chi connectivity index (χ1n) is 6.20. The molecule has 1 heterocycles. The number of primary amides is 1. The van der Waals surface area contributed by atoms with Gasteiger partial charge in [0.15, 0.2) is 0 Å². The van der Waals surface area contributed by atoms with Gasteiger partial charge in [-0.25, -0.2) is 4.39 Å². The zero-order chi connectivity index (χ0) is 13.8. The van der Waals surface area contributed by atoms with E-state index in [0.29, 0.717) is 26.2 Å². The number of hydrogen-bond donors (Lipinski definition) is 2. The van der Waals surface area contributed by atoms with E-state index in [1.165, 1.54) is 12.1 Å². The number of morpholine rings is 1.